The zero-order valence-electron chi connectivity index (χ0n) is 25.7. The molecule has 228 valence electrons. The number of benzene rings is 1. The Kier molecular flexibility index (Phi) is 7.81. The van der Waals surface area contributed by atoms with E-state index in [1.165, 1.54) is 0 Å². The number of methoxy groups -OCH3 is 1. The predicted octanol–water partition coefficient (Wildman–Crippen LogP) is 4.58. The number of hydrogen-bond acceptors (Lipinski definition) is 8. The molecule has 1 aliphatic carbocycles. The molecule has 11 heteroatoms. The van der Waals surface area contributed by atoms with Gasteiger partial charge < -0.3 is 24.3 Å². The van der Waals surface area contributed by atoms with Crippen LogP contribution in [0.5, 0.6) is 0 Å². The average Bonchev–Trinajstić information content (AvgIpc) is 3.60. The van der Waals surface area contributed by atoms with Gasteiger partial charge in [-0.1, -0.05) is 30.3 Å². The fourth-order valence-corrected chi connectivity index (χ4v) is 5.55. The molecule has 1 saturated carbocycles. The van der Waals surface area contributed by atoms with Crippen molar-refractivity contribution in [1.82, 2.24) is 29.5 Å². The van der Waals surface area contributed by atoms with Crippen LogP contribution in [-0.2, 0) is 27.4 Å². The Morgan fingerprint density at radius 1 is 1.07 bits per heavy atom. The largest absolute Gasteiger partial charge is 0.459 e. The Bertz CT molecular complexity index is 1770. The molecule has 6 rings (SSSR count). The summed E-state index contributed by atoms with van der Waals surface area (Å²) in [6, 6.07) is 15.9. The van der Waals surface area contributed by atoms with Crippen LogP contribution in [0.25, 0.3) is 28.3 Å². The van der Waals surface area contributed by atoms with E-state index in [0.717, 1.165) is 35.3 Å². The molecule has 2 aromatic heterocycles. The molecule has 1 aromatic carbocycles. The van der Waals surface area contributed by atoms with E-state index in [1.807, 2.05) is 70.4 Å². The van der Waals surface area contributed by atoms with Gasteiger partial charge >= 0.3 is 5.97 Å². The summed E-state index contributed by atoms with van der Waals surface area (Å²) in [6.07, 6.45) is 6.92. The summed E-state index contributed by atoms with van der Waals surface area (Å²) in [6.45, 7) is 6.18. The van der Waals surface area contributed by atoms with E-state index in [4.69, 9.17) is 14.5 Å². The fraction of sp³-hybridized carbons (Fsp3) is 0.364. The van der Waals surface area contributed by atoms with E-state index >= 15 is 0 Å². The molecule has 0 radical (unpaired) electrons. The minimum absolute atomic E-state index is 0.00556. The molecule has 1 amide bonds. The molecule has 0 spiro atoms. The second-order valence-corrected chi connectivity index (χ2v) is 12.2. The number of nitrogens with zero attached hydrogens (tertiary/aromatic N) is 6. The summed E-state index contributed by atoms with van der Waals surface area (Å²) < 4.78 is 14.5. The predicted molar refractivity (Wildman–Crippen MR) is 167 cm³/mol. The number of anilines is 1. The van der Waals surface area contributed by atoms with E-state index in [-0.39, 0.29) is 30.6 Å². The lowest BCUT2D eigenvalue weighted by atomic mass is 9.89. The molecule has 1 fully saturated rings. The quantitative estimate of drug-likeness (QED) is 0.246. The molecule has 4 heterocycles. The third-order valence-electron chi connectivity index (χ3n) is 7.82. The van der Waals surface area contributed by atoms with E-state index in [0.29, 0.717) is 29.3 Å². The summed E-state index contributed by atoms with van der Waals surface area (Å²) in [5, 5.41) is 7.70. The van der Waals surface area contributed by atoms with Gasteiger partial charge in [0.25, 0.3) is 5.91 Å². The topological polar surface area (TPSA) is 116 Å². The van der Waals surface area contributed by atoms with Crippen molar-refractivity contribution in [3.63, 3.8) is 0 Å². The van der Waals surface area contributed by atoms with Crippen LogP contribution in [0, 0.1) is 0 Å². The summed E-state index contributed by atoms with van der Waals surface area (Å²) in [5.41, 5.74) is 3.61. The van der Waals surface area contributed by atoms with Crippen molar-refractivity contribution >= 4 is 23.3 Å². The number of aromatic nitrogens is 5. The molecule has 2 atom stereocenters. The maximum absolute atomic E-state index is 13.5. The zero-order chi connectivity index (χ0) is 31.0. The van der Waals surface area contributed by atoms with Crippen molar-refractivity contribution in [3.05, 3.63) is 78.2 Å². The standard InChI is InChI=1S/C33H37N7O4/c1-33(2,3)44-29(41)20-39-15-9-12-22-23(17-34-30(22)39)26-16-28(38(4)19-21-10-7-6-8-11-21)40-31(36-26)24(18-35-40)32(42)37-25-13-14-27(25)43-5/h6-12,15-18,25,27H,13-14,19-20H2,1-5H3,(H,37,42)/t25?,27-/m0/s1. The highest BCUT2D eigenvalue weighted by Crippen LogP contribution is 2.35. The highest BCUT2D eigenvalue weighted by Gasteiger charge is 2.33. The van der Waals surface area contributed by atoms with Crippen LogP contribution in [0.2, 0.25) is 0 Å². The van der Waals surface area contributed by atoms with E-state index in [9.17, 15) is 9.59 Å². The van der Waals surface area contributed by atoms with Gasteiger partial charge in [-0.15, -0.1) is 0 Å². The van der Waals surface area contributed by atoms with Crippen LogP contribution in [0.4, 0.5) is 5.82 Å². The minimum Gasteiger partial charge on any atom is -0.459 e. The Balaban J connectivity index is 1.39. The first kappa shape index (κ1) is 29.3. The second-order valence-electron chi connectivity index (χ2n) is 12.2. The van der Waals surface area contributed by atoms with Crippen LogP contribution >= 0.6 is 0 Å². The maximum Gasteiger partial charge on any atom is 0.326 e. The molecule has 44 heavy (non-hydrogen) atoms. The molecule has 2 aliphatic heterocycles. The number of carbonyl (C=O) groups is 2. The maximum atomic E-state index is 13.5. The normalized spacial score (nSPS) is 16.6. The number of nitrogens with one attached hydrogen (secondary N) is 1. The molecular weight excluding hydrogens is 558 g/mol. The van der Waals surface area contributed by atoms with Gasteiger partial charge in [-0.2, -0.15) is 9.61 Å². The van der Waals surface area contributed by atoms with Gasteiger partial charge in [0.1, 0.15) is 29.4 Å². The Labute approximate surface area is 256 Å². The lowest BCUT2D eigenvalue weighted by molar-refractivity contribution is -0.155. The number of pyridine rings is 1. The van der Waals surface area contributed by atoms with Crippen molar-refractivity contribution in [2.45, 2.75) is 64.4 Å². The van der Waals surface area contributed by atoms with Crippen LogP contribution < -0.4 is 10.2 Å². The minimum atomic E-state index is -0.587. The van der Waals surface area contributed by atoms with Crippen molar-refractivity contribution in [2.75, 3.05) is 19.1 Å². The molecule has 0 bridgehead atoms. The number of amides is 1. The van der Waals surface area contributed by atoms with Crippen LogP contribution in [0.3, 0.4) is 0 Å². The van der Waals surface area contributed by atoms with Gasteiger partial charge in [0.2, 0.25) is 0 Å². The number of hydrogen-bond donors (Lipinski definition) is 1. The molecule has 1 N–H and O–H groups in total. The number of ether oxygens (including phenoxy) is 2. The van der Waals surface area contributed by atoms with Crippen molar-refractivity contribution < 1.29 is 19.1 Å². The SMILES string of the molecule is CO[C@H]1CCC1NC(=O)c1cnn2c(N(C)Cc3ccccc3)cc(-c3cnc4n(CC(=O)OC(C)(C)C)cccc3-4)nc12. The smallest absolute Gasteiger partial charge is 0.326 e. The Morgan fingerprint density at radius 3 is 2.57 bits per heavy atom. The van der Waals surface area contributed by atoms with Crippen LogP contribution in [-0.4, -0.2) is 67.9 Å². The third-order valence-corrected chi connectivity index (χ3v) is 7.82. The first-order valence-corrected chi connectivity index (χ1v) is 14.7. The van der Waals surface area contributed by atoms with Gasteiger partial charge in [-0.05, 0) is 51.3 Å². The summed E-state index contributed by atoms with van der Waals surface area (Å²) in [7, 11) is 3.65. The first-order chi connectivity index (χ1) is 21.1. The van der Waals surface area contributed by atoms with E-state index in [2.05, 4.69) is 32.4 Å². The van der Waals surface area contributed by atoms with Crippen LogP contribution in [0.1, 0.15) is 49.5 Å². The lowest BCUT2D eigenvalue weighted by Crippen LogP contribution is -2.51. The lowest BCUT2D eigenvalue weighted by Gasteiger charge is -2.35. The summed E-state index contributed by atoms with van der Waals surface area (Å²) in [5.74, 6) is 0.810. The Morgan fingerprint density at radius 2 is 1.86 bits per heavy atom. The molecule has 1 unspecified atom stereocenters. The second kappa shape index (κ2) is 11.7. The molecule has 0 saturated heterocycles. The third kappa shape index (κ3) is 5.87. The molecule has 3 aromatic rings. The van der Waals surface area contributed by atoms with Crippen molar-refractivity contribution in [1.29, 1.82) is 0 Å². The highest BCUT2D eigenvalue weighted by molar-refractivity contribution is 6.00. The van der Waals surface area contributed by atoms with E-state index < -0.39 is 5.60 Å². The Hall–Kier alpha value is -4.77. The summed E-state index contributed by atoms with van der Waals surface area (Å²) in [4.78, 5) is 37.8. The van der Waals surface area contributed by atoms with E-state index in [1.54, 1.807) is 28.6 Å². The number of carbonyl (C=O) groups excluding carboxylic acids is 2. The number of rotatable bonds is 9. The average molecular weight is 596 g/mol. The van der Waals surface area contributed by atoms with Gasteiger partial charge in [0.05, 0.1) is 24.0 Å². The van der Waals surface area contributed by atoms with Gasteiger partial charge in [0.15, 0.2) is 5.65 Å². The fourth-order valence-electron chi connectivity index (χ4n) is 5.55. The number of fused-ring (bicyclic) bond motifs is 2. The van der Waals surface area contributed by atoms with Gasteiger partial charge in [-0.3, -0.25) is 9.59 Å². The molecule has 11 nitrogen and oxygen atoms in total. The van der Waals surface area contributed by atoms with Crippen LogP contribution in [0.15, 0.2) is 67.1 Å². The molecule has 3 aliphatic rings. The monoisotopic (exact) mass is 595 g/mol. The van der Waals surface area contributed by atoms with Gasteiger partial charge in [0, 0.05) is 50.3 Å². The number of esters is 1. The zero-order valence-corrected chi connectivity index (χ0v) is 25.7. The molecular formula is C33H37N7O4. The summed E-state index contributed by atoms with van der Waals surface area (Å²) >= 11 is 0. The first-order valence-electron chi connectivity index (χ1n) is 14.7. The van der Waals surface area contributed by atoms with Crippen molar-refractivity contribution in [3.8, 4) is 22.6 Å². The highest BCUT2D eigenvalue weighted by atomic mass is 16.6. The van der Waals surface area contributed by atoms with Crippen molar-refractivity contribution in [2.24, 2.45) is 0 Å². The van der Waals surface area contributed by atoms with Gasteiger partial charge in [-0.25, -0.2) is 9.97 Å².